The topological polar surface area (TPSA) is 15.3 Å². The van der Waals surface area contributed by atoms with Gasteiger partial charge in [0.25, 0.3) is 0 Å². The fourth-order valence-corrected chi connectivity index (χ4v) is 2.90. The molecule has 1 fully saturated rings. The van der Waals surface area contributed by atoms with E-state index in [1.54, 1.807) is 0 Å². The molecule has 1 aromatic carbocycles. The van der Waals surface area contributed by atoms with Crippen LogP contribution in [0.15, 0.2) is 24.3 Å². The fraction of sp³-hybridized carbons (Fsp3) is 0.600. The SMILES string of the molecule is CCC1CNC(C)CN1C(C)c1ccc(Cl)cc1. The molecule has 3 atom stereocenters. The predicted octanol–water partition coefficient (Wildman–Crippen LogP) is 3.47. The van der Waals surface area contributed by atoms with Crippen molar-refractivity contribution >= 4 is 11.6 Å². The summed E-state index contributed by atoms with van der Waals surface area (Å²) in [5.41, 5.74) is 1.35. The molecule has 1 aliphatic heterocycles. The minimum absolute atomic E-state index is 0.455. The molecule has 0 amide bonds. The summed E-state index contributed by atoms with van der Waals surface area (Å²) >= 11 is 5.96. The molecule has 1 N–H and O–H groups in total. The van der Waals surface area contributed by atoms with Crippen molar-refractivity contribution in [3.8, 4) is 0 Å². The Balaban J connectivity index is 2.14. The molecule has 100 valence electrons. The largest absolute Gasteiger partial charge is 0.311 e. The van der Waals surface area contributed by atoms with Crippen LogP contribution in [0.4, 0.5) is 0 Å². The zero-order chi connectivity index (χ0) is 13.1. The fourth-order valence-electron chi connectivity index (χ4n) is 2.77. The van der Waals surface area contributed by atoms with Crippen LogP contribution in [0.1, 0.15) is 38.8 Å². The van der Waals surface area contributed by atoms with Crippen molar-refractivity contribution in [2.45, 2.75) is 45.3 Å². The smallest absolute Gasteiger partial charge is 0.0406 e. The highest BCUT2D eigenvalue weighted by Gasteiger charge is 2.28. The van der Waals surface area contributed by atoms with E-state index in [-0.39, 0.29) is 0 Å². The summed E-state index contributed by atoms with van der Waals surface area (Å²) in [6, 6.07) is 9.92. The second kappa shape index (κ2) is 6.05. The molecule has 0 saturated carbocycles. The number of hydrogen-bond acceptors (Lipinski definition) is 2. The van der Waals surface area contributed by atoms with Crippen molar-refractivity contribution < 1.29 is 0 Å². The monoisotopic (exact) mass is 266 g/mol. The van der Waals surface area contributed by atoms with Crippen LogP contribution < -0.4 is 5.32 Å². The molecule has 0 radical (unpaired) electrons. The Morgan fingerprint density at radius 3 is 2.67 bits per heavy atom. The molecule has 18 heavy (non-hydrogen) atoms. The average Bonchev–Trinajstić information content (AvgIpc) is 2.39. The van der Waals surface area contributed by atoms with Gasteiger partial charge in [-0.3, -0.25) is 4.90 Å². The van der Waals surface area contributed by atoms with Gasteiger partial charge in [-0.2, -0.15) is 0 Å². The lowest BCUT2D eigenvalue weighted by atomic mass is 10.0. The third-order valence-electron chi connectivity index (χ3n) is 3.98. The first kappa shape index (κ1) is 13.9. The first-order valence-electron chi connectivity index (χ1n) is 6.86. The van der Waals surface area contributed by atoms with E-state index in [1.807, 2.05) is 12.1 Å². The maximum absolute atomic E-state index is 5.96. The highest BCUT2D eigenvalue weighted by molar-refractivity contribution is 6.30. The Morgan fingerprint density at radius 2 is 2.06 bits per heavy atom. The van der Waals surface area contributed by atoms with Gasteiger partial charge in [-0.25, -0.2) is 0 Å². The normalized spacial score (nSPS) is 27.1. The van der Waals surface area contributed by atoms with Crippen LogP contribution in [0.5, 0.6) is 0 Å². The molecule has 1 saturated heterocycles. The summed E-state index contributed by atoms with van der Waals surface area (Å²) < 4.78 is 0. The van der Waals surface area contributed by atoms with Gasteiger partial charge in [0.15, 0.2) is 0 Å². The Morgan fingerprint density at radius 1 is 1.39 bits per heavy atom. The Labute approximate surface area is 115 Å². The summed E-state index contributed by atoms with van der Waals surface area (Å²) in [6.07, 6.45) is 1.19. The van der Waals surface area contributed by atoms with Gasteiger partial charge in [0, 0.05) is 36.2 Å². The summed E-state index contributed by atoms with van der Waals surface area (Å²) in [7, 11) is 0. The van der Waals surface area contributed by atoms with E-state index >= 15 is 0 Å². The zero-order valence-electron chi connectivity index (χ0n) is 11.5. The standard InChI is InChI=1S/C15H23ClN2/c1-4-15-9-17-11(2)10-18(15)12(3)13-5-7-14(16)8-6-13/h5-8,11-12,15,17H,4,9-10H2,1-3H3. The van der Waals surface area contributed by atoms with Crippen molar-refractivity contribution in [1.29, 1.82) is 0 Å². The van der Waals surface area contributed by atoms with Crippen LogP contribution in [-0.2, 0) is 0 Å². The lowest BCUT2D eigenvalue weighted by molar-refractivity contribution is 0.0905. The number of halogens is 1. The Hall–Kier alpha value is -0.570. The highest BCUT2D eigenvalue weighted by atomic mass is 35.5. The van der Waals surface area contributed by atoms with Crippen molar-refractivity contribution in [3.63, 3.8) is 0 Å². The Kier molecular flexibility index (Phi) is 4.66. The van der Waals surface area contributed by atoms with E-state index < -0.39 is 0 Å². The summed E-state index contributed by atoms with van der Waals surface area (Å²) in [4.78, 5) is 2.62. The van der Waals surface area contributed by atoms with Crippen molar-refractivity contribution in [2.75, 3.05) is 13.1 Å². The molecule has 2 rings (SSSR count). The second-order valence-electron chi connectivity index (χ2n) is 5.30. The molecule has 1 heterocycles. The van der Waals surface area contributed by atoms with Crippen molar-refractivity contribution in [3.05, 3.63) is 34.9 Å². The highest BCUT2D eigenvalue weighted by Crippen LogP contribution is 2.26. The van der Waals surface area contributed by atoms with Gasteiger partial charge in [-0.05, 0) is 38.0 Å². The maximum atomic E-state index is 5.96. The molecule has 0 spiro atoms. The van der Waals surface area contributed by atoms with E-state index in [1.165, 1.54) is 12.0 Å². The van der Waals surface area contributed by atoms with E-state index in [9.17, 15) is 0 Å². The van der Waals surface area contributed by atoms with Gasteiger partial charge in [0.05, 0.1) is 0 Å². The Bertz CT molecular complexity index is 377. The number of piperazine rings is 1. The first-order valence-corrected chi connectivity index (χ1v) is 7.24. The third-order valence-corrected chi connectivity index (χ3v) is 4.23. The van der Waals surface area contributed by atoms with Crippen LogP contribution in [0.3, 0.4) is 0 Å². The number of nitrogens with one attached hydrogen (secondary N) is 1. The van der Waals surface area contributed by atoms with Crippen LogP contribution in [-0.4, -0.2) is 30.1 Å². The number of benzene rings is 1. The summed E-state index contributed by atoms with van der Waals surface area (Å²) in [5.74, 6) is 0. The van der Waals surface area contributed by atoms with Gasteiger partial charge in [-0.15, -0.1) is 0 Å². The number of hydrogen-bond donors (Lipinski definition) is 1. The third kappa shape index (κ3) is 3.05. The number of nitrogens with zero attached hydrogens (tertiary/aromatic N) is 1. The van der Waals surface area contributed by atoms with Crippen molar-refractivity contribution in [1.82, 2.24) is 10.2 Å². The molecule has 1 aliphatic rings. The maximum Gasteiger partial charge on any atom is 0.0406 e. The van der Waals surface area contributed by atoms with Gasteiger partial charge >= 0.3 is 0 Å². The van der Waals surface area contributed by atoms with Gasteiger partial charge in [-0.1, -0.05) is 30.7 Å². The summed E-state index contributed by atoms with van der Waals surface area (Å²) in [6.45, 7) is 9.03. The molecular formula is C15H23ClN2. The van der Waals surface area contributed by atoms with Crippen molar-refractivity contribution in [2.24, 2.45) is 0 Å². The van der Waals surface area contributed by atoms with Crippen LogP contribution in [0, 0.1) is 0 Å². The lowest BCUT2D eigenvalue weighted by Gasteiger charge is -2.42. The molecule has 0 bridgehead atoms. The number of rotatable bonds is 3. The molecule has 0 aromatic heterocycles. The minimum Gasteiger partial charge on any atom is -0.311 e. The molecule has 3 unspecified atom stereocenters. The average molecular weight is 267 g/mol. The molecule has 1 aromatic rings. The molecule has 2 nitrogen and oxygen atoms in total. The second-order valence-corrected chi connectivity index (χ2v) is 5.73. The molecule has 3 heteroatoms. The zero-order valence-corrected chi connectivity index (χ0v) is 12.2. The lowest BCUT2D eigenvalue weighted by Crippen LogP contribution is -2.55. The van der Waals surface area contributed by atoms with Gasteiger partial charge in [0.2, 0.25) is 0 Å². The predicted molar refractivity (Wildman–Crippen MR) is 78.1 cm³/mol. The quantitative estimate of drug-likeness (QED) is 0.901. The van der Waals surface area contributed by atoms with Gasteiger partial charge in [0.1, 0.15) is 0 Å². The van der Waals surface area contributed by atoms with Gasteiger partial charge < -0.3 is 5.32 Å². The molecular weight excluding hydrogens is 244 g/mol. The van der Waals surface area contributed by atoms with E-state index in [0.29, 0.717) is 18.1 Å². The van der Waals surface area contributed by atoms with E-state index in [4.69, 9.17) is 11.6 Å². The first-order chi connectivity index (χ1) is 8.61. The summed E-state index contributed by atoms with van der Waals surface area (Å²) in [5, 5.41) is 4.38. The minimum atomic E-state index is 0.455. The van der Waals surface area contributed by atoms with Crippen LogP contribution in [0.2, 0.25) is 5.02 Å². The molecule has 0 aliphatic carbocycles. The van der Waals surface area contributed by atoms with E-state index in [2.05, 4.69) is 43.1 Å². The van der Waals surface area contributed by atoms with E-state index in [0.717, 1.165) is 18.1 Å². The van der Waals surface area contributed by atoms with Crippen LogP contribution in [0.25, 0.3) is 0 Å². The van der Waals surface area contributed by atoms with Crippen LogP contribution >= 0.6 is 11.6 Å².